The van der Waals surface area contributed by atoms with Crippen molar-refractivity contribution in [3.05, 3.63) is 70.3 Å². The lowest BCUT2D eigenvalue weighted by atomic mass is 10.1. The molecule has 4 rings (SSSR count). The monoisotopic (exact) mass is 398 g/mol. The van der Waals surface area contributed by atoms with Gasteiger partial charge in [0.05, 0.1) is 0 Å². The van der Waals surface area contributed by atoms with Crippen molar-refractivity contribution in [2.45, 2.75) is 0 Å². The summed E-state index contributed by atoms with van der Waals surface area (Å²) in [6.07, 6.45) is 0. The van der Waals surface area contributed by atoms with E-state index in [1.165, 1.54) is 8.96 Å². The van der Waals surface area contributed by atoms with Gasteiger partial charge >= 0.3 is 0 Å². The van der Waals surface area contributed by atoms with Crippen LogP contribution in [-0.4, -0.2) is 10.1 Å². The maximum Gasteiger partial charge on any atom is 0.258 e. The summed E-state index contributed by atoms with van der Waals surface area (Å²) in [5.74, 6) is 1.15. The summed E-state index contributed by atoms with van der Waals surface area (Å²) in [5.41, 5.74) is 1.89. The lowest BCUT2D eigenvalue weighted by molar-refractivity contribution is 0.432. The van der Waals surface area contributed by atoms with E-state index in [-0.39, 0.29) is 0 Å². The first-order valence-corrected chi connectivity index (χ1v) is 7.96. The highest BCUT2D eigenvalue weighted by Crippen LogP contribution is 2.25. The van der Waals surface area contributed by atoms with Gasteiger partial charge in [0.15, 0.2) is 0 Å². The standard InChI is InChI=1S/C18H11IN2O/c19-16-9-7-13(8-10-16)17-20-18(22-21-17)15-6-5-12-3-1-2-4-14(12)11-15/h1-11H. The van der Waals surface area contributed by atoms with Gasteiger partial charge in [-0.1, -0.05) is 47.6 Å². The minimum atomic E-state index is 0.541. The molecule has 0 unspecified atom stereocenters. The van der Waals surface area contributed by atoms with Crippen LogP contribution in [0.1, 0.15) is 0 Å². The average molecular weight is 398 g/mol. The highest BCUT2D eigenvalue weighted by Gasteiger charge is 2.10. The normalized spacial score (nSPS) is 11.0. The Morgan fingerprint density at radius 3 is 2.32 bits per heavy atom. The molecule has 0 amide bonds. The second kappa shape index (κ2) is 5.53. The van der Waals surface area contributed by atoms with Crippen LogP contribution in [-0.2, 0) is 0 Å². The van der Waals surface area contributed by atoms with E-state index in [0.717, 1.165) is 16.5 Å². The Morgan fingerprint density at radius 2 is 1.50 bits per heavy atom. The third-order valence-electron chi connectivity index (χ3n) is 3.52. The van der Waals surface area contributed by atoms with E-state index in [1.54, 1.807) is 0 Å². The van der Waals surface area contributed by atoms with Gasteiger partial charge in [-0.25, -0.2) is 0 Å². The van der Waals surface area contributed by atoms with Gasteiger partial charge in [-0.15, -0.1) is 0 Å². The highest BCUT2D eigenvalue weighted by atomic mass is 127. The summed E-state index contributed by atoms with van der Waals surface area (Å²) in [7, 11) is 0. The van der Waals surface area contributed by atoms with Crippen molar-refractivity contribution in [1.82, 2.24) is 10.1 Å². The van der Waals surface area contributed by atoms with Gasteiger partial charge in [0.25, 0.3) is 5.89 Å². The van der Waals surface area contributed by atoms with Gasteiger partial charge in [-0.2, -0.15) is 4.98 Å². The molecule has 0 radical (unpaired) electrons. The summed E-state index contributed by atoms with van der Waals surface area (Å²) >= 11 is 2.27. The fourth-order valence-electron chi connectivity index (χ4n) is 2.38. The number of aromatic nitrogens is 2. The van der Waals surface area contributed by atoms with Gasteiger partial charge in [-0.3, -0.25) is 0 Å². The molecule has 1 aromatic heterocycles. The average Bonchev–Trinajstić information content (AvgIpc) is 3.05. The maximum atomic E-state index is 5.42. The van der Waals surface area contributed by atoms with Gasteiger partial charge < -0.3 is 4.52 Å². The molecule has 1 heterocycles. The first-order chi connectivity index (χ1) is 10.8. The Labute approximate surface area is 141 Å². The summed E-state index contributed by atoms with van der Waals surface area (Å²) in [5, 5.41) is 6.44. The molecule has 4 aromatic rings. The molecule has 0 aliphatic rings. The minimum absolute atomic E-state index is 0.541. The molecular formula is C18H11IN2O. The molecule has 106 valence electrons. The van der Waals surface area contributed by atoms with E-state index in [9.17, 15) is 0 Å². The van der Waals surface area contributed by atoms with E-state index < -0.39 is 0 Å². The zero-order valence-corrected chi connectivity index (χ0v) is 13.7. The van der Waals surface area contributed by atoms with E-state index in [0.29, 0.717) is 11.7 Å². The second-order valence-electron chi connectivity index (χ2n) is 4.99. The highest BCUT2D eigenvalue weighted by molar-refractivity contribution is 14.1. The Balaban J connectivity index is 1.74. The molecule has 0 N–H and O–H groups in total. The van der Waals surface area contributed by atoms with Crippen LogP contribution in [0.4, 0.5) is 0 Å². The van der Waals surface area contributed by atoms with E-state index >= 15 is 0 Å². The number of halogens is 1. The lowest BCUT2D eigenvalue weighted by Gasteiger charge is -1.99. The van der Waals surface area contributed by atoms with Crippen molar-refractivity contribution in [3.8, 4) is 22.8 Å². The SMILES string of the molecule is Ic1ccc(-c2noc(-c3ccc4ccccc4c3)n2)cc1. The Morgan fingerprint density at radius 1 is 0.773 bits per heavy atom. The fraction of sp³-hybridized carbons (Fsp3) is 0. The summed E-state index contributed by atoms with van der Waals surface area (Å²) in [4.78, 5) is 4.51. The minimum Gasteiger partial charge on any atom is -0.334 e. The largest absolute Gasteiger partial charge is 0.334 e. The molecule has 0 fully saturated rings. The van der Waals surface area contributed by atoms with Crippen molar-refractivity contribution in [2.75, 3.05) is 0 Å². The van der Waals surface area contributed by atoms with Crippen LogP contribution >= 0.6 is 22.6 Å². The predicted molar refractivity (Wildman–Crippen MR) is 95.4 cm³/mol. The third kappa shape index (κ3) is 2.50. The lowest BCUT2D eigenvalue weighted by Crippen LogP contribution is -1.82. The first kappa shape index (κ1) is 13.5. The zero-order valence-electron chi connectivity index (χ0n) is 11.5. The number of rotatable bonds is 2. The van der Waals surface area contributed by atoms with Crippen molar-refractivity contribution >= 4 is 33.4 Å². The maximum absolute atomic E-state index is 5.42. The third-order valence-corrected chi connectivity index (χ3v) is 4.24. The van der Waals surface area contributed by atoms with Gasteiger partial charge in [0.1, 0.15) is 0 Å². The van der Waals surface area contributed by atoms with Crippen LogP contribution in [0.5, 0.6) is 0 Å². The Hall–Kier alpha value is -2.21. The van der Waals surface area contributed by atoms with Crippen molar-refractivity contribution in [3.63, 3.8) is 0 Å². The molecule has 0 bridgehead atoms. The van der Waals surface area contributed by atoms with Gasteiger partial charge in [-0.05, 0) is 57.6 Å². The van der Waals surface area contributed by atoms with Gasteiger partial charge in [0.2, 0.25) is 5.82 Å². The fourth-order valence-corrected chi connectivity index (χ4v) is 2.74. The Kier molecular flexibility index (Phi) is 3.38. The molecule has 3 nitrogen and oxygen atoms in total. The quantitative estimate of drug-likeness (QED) is 0.438. The van der Waals surface area contributed by atoms with Crippen LogP contribution < -0.4 is 0 Å². The zero-order chi connectivity index (χ0) is 14.9. The molecule has 22 heavy (non-hydrogen) atoms. The van der Waals surface area contributed by atoms with Crippen molar-refractivity contribution in [1.29, 1.82) is 0 Å². The molecule has 0 saturated carbocycles. The van der Waals surface area contributed by atoms with Crippen molar-refractivity contribution in [2.24, 2.45) is 0 Å². The molecular weight excluding hydrogens is 387 g/mol. The number of nitrogens with zero attached hydrogens (tertiary/aromatic N) is 2. The summed E-state index contributed by atoms with van der Waals surface area (Å²) < 4.78 is 6.60. The van der Waals surface area contributed by atoms with Crippen molar-refractivity contribution < 1.29 is 4.52 Å². The molecule has 0 spiro atoms. The number of hydrogen-bond donors (Lipinski definition) is 0. The van der Waals surface area contributed by atoms with Crippen LogP contribution in [0.2, 0.25) is 0 Å². The van der Waals surface area contributed by atoms with Crippen LogP contribution in [0.3, 0.4) is 0 Å². The van der Waals surface area contributed by atoms with E-state index in [2.05, 4.69) is 57.0 Å². The van der Waals surface area contributed by atoms with Crippen LogP contribution in [0, 0.1) is 3.57 Å². The molecule has 0 saturated heterocycles. The molecule has 4 heteroatoms. The topological polar surface area (TPSA) is 38.9 Å². The van der Waals surface area contributed by atoms with Crippen LogP contribution in [0.25, 0.3) is 33.6 Å². The van der Waals surface area contributed by atoms with Gasteiger partial charge in [0, 0.05) is 14.7 Å². The molecule has 3 aromatic carbocycles. The molecule has 0 atom stereocenters. The number of fused-ring (bicyclic) bond motifs is 1. The Bertz CT molecular complexity index is 945. The molecule has 0 aliphatic heterocycles. The number of hydrogen-bond acceptors (Lipinski definition) is 3. The molecule has 0 aliphatic carbocycles. The first-order valence-electron chi connectivity index (χ1n) is 6.88. The van der Waals surface area contributed by atoms with E-state index in [1.807, 2.05) is 42.5 Å². The second-order valence-corrected chi connectivity index (χ2v) is 6.24. The number of benzene rings is 3. The van der Waals surface area contributed by atoms with E-state index in [4.69, 9.17) is 4.52 Å². The smallest absolute Gasteiger partial charge is 0.258 e. The summed E-state index contributed by atoms with van der Waals surface area (Å²) in [6.45, 7) is 0. The predicted octanol–water partition coefficient (Wildman–Crippen LogP) is 5.16. The van der Waals surface area contributed by atoms with Crippen LogP contribution in [0.15, 0.2) is 71.3 Å². The summed E-state index contributed by atoms with van der Waals surface area (Å²) in [6, 6.07) is 22.4.